The average molecular weight is 819 g/mol. The molecular formula is C41H41F3N6O9. The Morgan fingerprint density at radius 3 is 2.24 bits per heavy atom. The number of aliphatic carboxylic acids is 1. The number of nitrogens with two attached hydrogens (primary N) is 1. The van der Waals surface area contributed by atoms with Crippen LogP contribution in [0.15, 0.2) is 72.8 Å². The van der Waals surface area contributed by atoms with Crippen molar-refractivity contribution >= 4 is 53.6 Å². The van der Waals surface area contributed by atoms with Gasteiger partial charge in [-0.15, -0.1) is 0 Å². The van der Waals surface area contributed by atoms with E-state index in [0.29, 0.717) is 71.7 Å². The highest BCUT2D eigenvalue weighted by Crippen LogP contribution is 2.45. The molecule has 1 aromatic heterocycles. The summed E-state index contributed by atoms with van der Waals surface area (Å²) in [6.07, 6.45) is -3.24. The molecule has 2 aliphatic rings. The van der Waals surface area contributed by atoms with Crippen LogP contribution in [0.4, 0.5) is 30.5 Å². The Hall–Kier alpha value is -6.69. The number of carboxylic acid groups (broad SMARTS) is 1. The molecule has 18 heteroatoms. The van der Waals surface area contributed by atoms with Gasteiger partial charge in [0.1, 0.15) is 23.7 Å². The number of nitrogen functional groups attached to an aromatic ring is 1. The molecule has 2 amide bonds. The average Bonchev–Trinajstić information content (AvgIpc) is 3.85. The first kappa shape index (κ1) is 43.4. The first-order valence-corrected chi connectivity index (χ1v) is 18.3. The van der Waals surface area contributed by atoms with Gasteiger partial charge in [-0.1, -0.05) is 42.5 Å². The summed E-state index contributed by atoms with van der Waals surface area (Å²) < 4.78 is 43.0. The second kappa shape index (κ2) is 17.8. The summed E-state index contributed by atoms with van der Waals surface area (Å²) in [6.45, 7) is 5.37. The smallest absolute Gasteiger partial charge is 0.478 e. The van der Waals surface area contributed by atoms with Crippen LogP contribution >= 0.6 is 0 Å². The molecule has 0 saturated carbocycles. The number of alkyl halides is 3. The summed E-state index contributed by atoms with van der Waals surface area (Å²) >= 11 is 0. The number of benzene rings is 3. The van der Waals surface area contributed by atoms with E-state index >= 15 is 0 Å². The molecule has 59 heavy (non-hydrogen) atoms. The summed E-state index contributed by atoms with van der Waals surface area (Å²) in [5.74, 6) is -3.57. The van der Waals surface area contributed by atoms with Crippen molar-refractivity contribution in [3.05, 3.63) is 95.2 Å². The highest BCUT2D eigenvalue weighted by atomic mass is 19.4. The van der Waals surface area contributed by atoms with Crippen LogP contribution in [0.5, 0.6) is 5.88 Å². The quantitative estimate of drug-likeness (QED) is 0.0597. The van der Waals surface area contributed by atoms with Crippen LogP contribution in [0.3, 0.4) is 0 Å². The largest absolute Gasteiger partial charge is 0.490 e. The minimum Gasteiger partial charge on any atom is -0.478 e. The van der Waals surface area contributed by atoms with Gasteiger partial charge in [0.2, 0.25) is 11.8 Å². The first-order chi connectivity index (χ1) is 27.9. The molecule has 2 aliphatic heterocycles. The number of nitrogens with one attached hydrogen (secondary N) is 2. The van der Waals surface area contributed by atoms with Gasteiger partial charge in [0.15, 0.2) is 0 Å². The zero-order valence-electron chi connectivity index (χ0n) is 32.2. The monoisotopic (exact) mass is 818 g/mol. The van der Waals surface area contributed by atoms with Crippen LogP contribution in [0.2, 0.25) is 0 Å². The number of anilines is 3. The number of aldehydes is 2. The summed E-state index contributed by atoms with van der Waals surface area (Å²) in [5.41, 5.74) is 7.86. The Balaban J connectivity index is 0.000000867. The molecule has 0 aliphatic carbocycles. The van der Waals surface area contributed by atoms with E-state index in [1.54, 1.807) is 51.1 Å². The molecule has 0 spiro atoms. The Morgan fingerprint density at radius 1 is 0.983 bits per heavy atom. The van der Waals surface area contributed by atoms with Crippen LogP contribution in [-0.4, -0.2) is 87.9 Å². The zero-order valence-corrected chi connectivity index (χ0v) is 32.2. The topological polar surface area (TPSA) is 230 Å². The SMILES string of the molecule is Cc1cc(OCCCc2ccc3c(c2)C(=O)NCC(=O)N3c2ccc(C[C@@]3(C(=O)OC(C)C)NC3(C=O)CC=O)cc2-c2ccccc2)nc(N)n1.O=C(O)C(F)(F)F. The van der Waals surface area contributed by atoms with Crippen LogP contribution < -0.4 is 26.0 Å². The second-order valence-corrected chi connectivity index (χ2v) is 14.1. The van der Waals surface area contributed by atoms with E-state index in [1.165, 1.54) is 4.90 Å². The molecule has 1 unspecified atom stereocenters. The molecule has 1 saturated heterocycles. The van der Waals surface area contributed by atoms with E-state index in [0.717, 1.165) is 11.1 Å². The van der Waals surface area contributed by atoms with E-state index in [9.17, 15) is 37.1 Å². The number of halogens is 3. The molecule has 310 valence electrons. The maximum absolute atomic E-state index is 13.8. The minimum absolute atomic E-state index is 0.0487. The number of carbonyl (C=O) groups is 6. The number of esters is 1. The van der Waals surface area contributed by atoms with Crippen LogP contribution in [-0.2, 0) is 41.6 Å². The van der Waals surface area contributed by atoms with Gasteiger partial charge in [0.05, 0.1) is 36.2 Å². The van der Waals surface area contributed by atoms with Crippen LogP contribution in [0, 0.1) is 6.92 Å². The first-order valence-electron chi connectivity index (χ1n) is 18.3. The highest BCUT2D eigenvalue weighted by molar-refractivity contribution is 6.14. The highest BCUT2D eigenvalue weighted by Gasteiger charge is 2.72. The van der Waals surface area contributed by atoms with Gasteiger partial charge >= 0.3 is 18.1 Å². The minimum atomic E-state index is -5.08. The molecule has 0 bridgehead atoms. The number of rotatable bonds is 14. The lowest BCUT2D eigenvalue weighted by Crippen LogP contribution is -2.40. The maximum atomic E-state index is 13.8. The molecule has 2 atom stereocenters. The number of aryl methyl sites for hydroxylation is 2. The fourth-order valence-corrected chi connectivity index (χ4v) is 6.68. The molecule has 0 radical (unpaired) electrons. The Morgan fingerprint density at radius 2 is 1.63 bits per heavy atom. The Kier molecular flexibility index (Phi) is 13.1. The number of carbonyl (C=O) groups excluding carboxylic acids is 5. The van der Waals surface area contributed by atoms with Crippen molar-refractivity contribution in [3.63, 3.8) is 0 Å². The third kappa shape index (κ3) is 9.89. The van der Waals surface area contributed by atoms with E-state index in [2.05, 4.69) is 20.6 Å². The second-order valence-electron chi connectivity index (χ2n) is 14.1. The van der Waals surface area contributed by atoms with Crippen molar-refractivity contribution in [2.45, 2.75) is 69.8 Å². The molecular weight excluding hydrogens is 777 g/mol. The van der Waals surface area contributed by atoms with E-state index in [4.69, 9.17) is 25.1 Å². The summed E-state index contributed by atoms with van der Waals surface area (Å²) in [6, 6.07) is 22.0. The summed E-state index contributed by atoms with van der Waals surface area (Å²) in [7, 11) is 0. The number of ether oxygens (including phenoxy) is 2. The van der Waals surface area contributed by atoms with Crippen LogP contribution in [0.25, 0.3) is 11.1 Å². The zero-order chi connectivity index (χ0) is 43.1. The molecule has 15 nitrogen and oxygen atoms in total. The number of fused-ring (bicyclic) bond motifs is 1. The molecule has 3 heterocycles. The number of hydrogen-bond donors (Lipinski definition) is 4. The molecule has 6 rings (SSSR count). The van der Waals surface area contributed by atoms with Crippen molar-refractivity contribution in [2.75, 3.05) is 23.8 Å². The lowest BCUT2D eigenvalue weighted by atomic mass is 9.85. The van der Waals surface area contributed by atoms with E-state index < -0.39 is 35.3 Å². The van der Waals surface area contributed by atoms with Gasteiger partial charge in [0, 0.05) is 30.2 Å². The lowest BCUT2D eigenvalue weighted by molar-refractivity contribution is -0.192. The number of amides is 2. The molecule has 4 aromatic rings. The van der Waals surface area contributed by atoms with Gasteiger partial charge in [0.25, 0.3) is 11.8 Å². The normalized spacial score (nSPS) is 18.4. The van der Waals surface area contributed by atoms with Crippen molar-refractivity contribution < 1.29 is 56.5 Å². The summed E-state index contributed by atoms with van der Waals surface area (Å²) in [5, 5.41) is 12.9. The van der Waals surface area contributed by atoms with Crippen molar-refractivity contribution in [2.24, 2.45) is 0 Å². The third-order valence-corrected chi connectivity index (χ3v) is 9.44. The van der Waals surface area contributed by atoms with E-state index in [-0.39, 0.29) is 37.1 Å². The predicted molar refractivity (Wildman–Crippen MR) is 207 cm³/mol. The number of hydrogen-bond acceptors (Lipinski definition) is 12. The van der Waals surface area contributed by atoms with Gasteiger partial charge in [-0.3, -0.25) is 19.8 Å². The van der Waals surface area contributed by atoms with Gasteiger partial charge in [-0.05, 0) is 74.6 Å². The summed E-state index contributed by atoms with van der Waals surface area (Å²) in [4.78, 5) is 83.1. The Bertz CT molecular complexity index is 2240. The van der Waals surface area contributed by atoms with E-state index in [1.807, 2.05) is 42.5 Å². The predicted octanol–water partition coefficient (Wildman–Crippen LogP) is 4.45. The number of aromatic nitrogens is 2. The van der Waals surface area contributed by atoms with Crippen molar-refractivity contribution in [3.8, 4) is 17.0 Å². The van der Waals surface area contributed by atoms with Crippen molar-refractivity contribution in [1.29, 1.82) is 0 Å². The van der Waals surface area contributed by atoms with Gasteiger partial charge in [-0.25, -0.2) is 14.6 Å². The van der Waals surface area contributed by atoms with Crippen molar-refractivity contribution in [1.82, 2.24) is 20.6 Å². The van der Waals surface area contributed by atoms with Gasteiger partial charge in [-0.2, -0.15) is 18.2 Å². The molecule has 3 aromatic carbocycles. The molecule has 5 N–H and O–H groups in total. The number of nitrogens with zero attached hydrogens (tertiary/aromatic N) is 3. The third-order valence-electron chi connectivity index (χ3n) is 9.44. The van der Waals surface area contributed by atoms with Gasteiger partial charge < -0.3 is 35.2 Å². The fraction of sp³-hybridized carbons (Fsp3) is 0.317. The number of carboxylic acids is 1. The fourth-order valence-electron chi connectivity index (χ4n) is 6.68. The lowest BCUT2D eigenvalue weighted by Gasteiger charge is -2.26. The standard InChI is InChI=1S/C39H40N6O7.C2HF3O2/c1-24(2)52-36(50)39(38(23-47,44-39)15-16-46)21-27-12-14-31(29(20-27)28-9-5-4-6-10-28)45-32-13-11-26(19-30(32)35(49)41-22-34(45)48)8-7-17-51-33-18-25(3)42-37(40)43-33;3-2(4,5)1(6)7/h4-6,9-14,16,18-20,23-24,44H,7-8,15,17,21-22H2,1-3H3,(H,41,49)(H2,40,42,43);(H,6,7)/t38?,39-;/m0./s1. The van der Waals surface area contributed by atoms with Crippen LogP contribution in [0.1, 0.15) is 53.9 Å². The maximum Gasteiger partial charge on any atom is 0.490 e. The molecule has 1 fully saturated rings. The Labute approximate surface area is 336 Å².